The first-order chi connectivity index (χ1) is 60.9. The number of ether oxygens (including phenoxy) is 4. The monoisotopic (exact) mass is 1850 g/mol. The van der Waals surface area contributed by atoms with Crippen molar-refractivity contribution in [2.75, 3.05) is 88.1 Å². The molecule has 5 amide bonds. The summed E-state index contributed by atoms with van der Waals surface area (Å²) in [6.45, 7) is 21.3. The molecule has 38 heteroatoms. The van der Waals surface area contributed by atoms with E-state index >= 15 is 0 Å². The second-order valence-electron chi connectivity index (χ2n) is 35.8. The molecule has 4 bridgehead atoms. The molecule has 6 fully saturated rings. The maximum Gasteiger partial charge on any atom is 0.410 e. The van der Waals surface area contributed by atoms with E-state index in [4.69, 9.17) is 33.1 Å². The number of para-hydroxylation sites is 1. The lowest BCUT2D eigenvalue weighted by atomic mass is 9.39. The average molecular weight is 1860 g/mol. The molecule has 6 aromatic rings. The molecule has 2 saturated heterocycles. The Bertz CT molecular complexity index is 4970. The summed E-state index contributed by atoms with van der Waals surface area (Å²) in [5.41, 5.74) is 8.10. The molecule has 9 atom stereocenters. The summed E-state index contributed by atoms with van der Waals surface area (Å²) in [6, 6.07) is 21.2. The third-order valence-corrected chi connectivity index (χ3v) is 26.0. The van der Waals surface area contributed by atoms with E-state index in [0.29, 0.717) is 65.9 Å². The van der Waals surface area contributed by atoms with E-state index in [-0.39, 0.29) is 159 Å². The number of amides is 5. The number of thioether (sulfide) groups is 1. The maximum absolute atomic E-state index is 13.6. The summed E-state index contributed by atoms with van der Waals surface area (Å²) in [6.07, 6.45) is 4.82. The van der Waals surface area contributed by atoms with Crippen LogP contribution in [0.2, 0.25) is 0 Å². The molecule has 129 heavy (non-hydrogen) atoms. The minimum atomic E-state index is -4.18. The molecule has 13 rings (SSSR count). The number of aliphatic carboxylic acids is 1. The number of Topliss-reactive ketones (excluding diaryl/α,β-unsaturated/α-hetero) is 2. The number of pyridine rings is 1. The summed E-state index contributed by atoms with van der Waals surface area (Å²) >= 11 is 3.19. The number of nitrogens with one attached hydrogen (secondary N) is 3. The molecule has 7 aliphatic rings. The van der Waals surface area contributed by atoms with E-state index in [2.05, 4.69) is 51.8 Å². The number of carbonyl (C=O) groups is 9. The predicted octanol–water partition coefficient (Wildman–Crippen LogP) is 8.32. The average Bonchev–Trinajstić information content (AvgIpc) is 1.68. The van der Waals surface area contributed by atoms with E-state index in [1.807, 2.05) is 118 Å². The molecular formula is C91H126N10O25S3. The van der Waals surface area contributed by atoms with E-state index in [0.717, 1.165) is 57.4 Å². The van der Waals surface area contributed by atoms with Crippen molar-refractivity contribution >= 4 is 114 Å². The van der Waals surface area contributed by atoms with Crippen LogP contribution in [0, 0.1) is 40.9 Å². The molecular weight excluding hydrogens is 1730 g/mol. The van der Waals surface area contributed by atoms with E-state index in [9.17, 15) is 87.3 Å². The van der Waals surface area contributed by atoms with Crippen molar-refractivity contribution in [3.8, 4) is 11.1 Å². The number of carbonyl (C=O) groups excluding carboxylic acids is 9. The predicted molar refractivity (Wildman–Crippen MR) is 480 cm³/mol. The highest BCUT2D eigenvalue weighted by Crippen LogP contribution is 2.71. The number of hydrogen-bond donors (Lipinski definition) is 11. The second-order valence-corrected chi connectivity index (χ2v) is 39.2. The molecule has 3 aromatic carbocycles. The number of rotatable bonds is 36. The molecule has 0 unspecified atom stereocenters. The van der Waals surface area contributed by atoms with Crippen LogP contribution in [-0.4, -0.2) is 270 Å². The Morgan fingerprint density at radius 3 is 2.09 bits per heavy atom. The summed E-state index contributed by atoms with van der Waals surface area (Å²) in [4.78, 5) is 143. The third-order valence-electron chi connectivity index (χ3n) is 24.4. The zero-order valence-electron chi connectivity index (χ0n) is 75.6. The Morgan fingerprint density at radius 2 is 1.50 bits per heavy atom. The number of aryl methyl sites for hydroxylation is 2. The second kappa shape index (κ2) is 47.0. The number of hydrogen-bond acceptors (Lipinski definition) is 28. The van der Waals surface area contributed by atoms with Gasteiger partial charge in [0.15, 0.2) is 22.7 Å². The quantitative estimate of drug-likeness (QED) is 0.0130. The van der Waals surface area contributed by atoms with Crippen molar-refractivity contribution in [3.05, 3.63) is 124 Å². The van der Waals surface area contributed by atoms with E-state index in [1.165, 1.54) is 47.4 Å². The van der Waals surface area contributed by atoms with Gasteiger partial charge < -0.3 is 80.0 Å². The number of aromatic nitrogens is 4. The first kappa shape index (κ1) is 105. The van der Waals surface area contributed by atoms with Gasteiger partial charge in [-0.2, -0.15) is 34.9 Å². The number of aromatic carboxylic acids is 1. The normalized spacial score (nSPS) is 23.4. The Hall–Kier alpha value is -9.54. The van der Waals surface area contributed by atoms with Gasteiger partial charge in [0.1, 0.15) is 42.6 Å². The van der Waals surface area contributed by atoms with Gasteiger partial charge in [-0.15, -0.1) is 0 Å². The first-order valence-electron chi connectivity index (χ1n) is 43.4. The van der Waals surface area contributed by atoms with Crippen molar-refractivity contribution < 1.29 is 120 Å². The molecule has 708 valence electrons. The number of thiazole rings is 1. The molecule has 6 heterocycles. The lowest BCUT2D eigenvalue weighted by molar-refractivity contribution is -0.240. The van der Waals surface area contributed by atoms with Crippen molar-refractivity contribution in [1.82, 2.24) is 40.2 Å². The van der Waals surface area contributed by atoms with Crippen molar-refractivity contribution in [2.45, 2.75) is 233 Å². The molecule has 11 N–H and O–H groups in total. The standard InChI is InChI=1S/C40H61NO12.C29H26N6O3S.C19H33N3O8S.C2H6S.CO2/c1-24(2)29(44)15-25-6-7-27(26(14-25)8-9-30-31(45)32(46)33(47)34(53-30)35(48)49)17-51-36(50)41(11-10-28(43)16-42)12-13-52-40-21-37(3)18-38(4,22-40)20-39(5,19-37)23-40;1-3-35-17(2)21(15-30-35)19-11-12-25(32-26(19)28(37)38)34-14-13-18-7-6-8-20(22(18)16-34)27(36)33-29-31-23-9-4-5-10-24(23)39-29;1-5-17(24)21-16-8-13(11-30-6-7-31(27,28)29)22(19(16)26)10-14(23)9-15(12(2)3)18(25)20-4;1-3-2;2-1-3/h6-7,14,24,28,30-34,42-43,45-47H,8-13,15-23H2,1-5H3,(H,48,49);4-12,15H,3,13-14,16H2,1-2H3,(H,37,38)(H,31,33,36);12-13,15-16H,5-11H2,1-4H3,(H,20,25)(H,21,24)(H,27,28,29);1-2H3;/t28-,30-,31-,32+,33-,34-,37?,38?,39?,40?;;13-,15-,16-;;/m0.0../s1. The van der Waals surface area contributed by atoms with Gasteiger partial charge in [0.2, 0.25) is 17.7 Å². The van der Waals surface area contributed by atoms with Gasteiger partial charge in [0, 0.05) is 93.3 Å². The van der Waals surface area contributed by atoms with Crippen molar-refractivity contribution in [1.29, 1.82) is 0 Å². The summed E-state index contributed by atoms with van der Waals surface area (Å²) in [5.74, 6) is -4.86. The number of ketones is 2. The summed E-state index contributed by atoms with van der Waals surface area (Å²) < 4.78 is 56.6. The van der Waals surface area contributed by atoms with Crippen LogP contribution >= 0.6 is 23.1 Å². The van der Waals surface area contributed by atoms with Gasteiger partial charge in [-0.3, -0.25) is 43.3 Å². The number of carboxylic acid groups (broad SMARTS) is 2. The SMILES string of the molecule is CC(C)C(=O)Cc1ccc(COC(=O)N(CCOC23CC4(C)CC(C)(CC(C)(C4)C2)C3)CC[C@H](O)CO)c(CC[C@@H]2O[C@H](C(=O)O)[C@@H](O)[C@H](O)[C@H]2O)c1.CCC(=O)N[C@H]1C[C@@H](COCCS(=O)(=O)O)N(CC(=O)C[C@H](C(=O)NC)C(C)C)C1=O.CCn1ncc(-c2ccc(N3CCc4cccc(C(=O)Nc5nc6ccccc6s5)c4C3)nc2C(=O)O)c1C.CSC.O=C=O. The van der Waals surface area contributed by atoms with Crippen LogP contribution in [0.4, 0.5) is 15.7 Å². The zero-order chi connectivity index (χ0) is 95.2. The number of aliphatic hydroxyl groups is 5. The number of nitrogens with zero attached hydrogens (tertiary/aromatic N) is 7. The molecule has 4 saturated carbocycles. The lowest BCUT2D eigenvalue weighted by Gasteiger charge is -2.68. The highest BCUT2D eigenvalue weighted by molar-refractivity contribution is 7.97. The topological polar surface area (TPSA) is 510 Å². The largest absolute Gasteiger partial charge is 0.479 e. The molecule has 3 aliphatic heterocycles. The van der Waals surface area contributed by atoms with Crippen LogP contribution in [-0.2, 0) is 106 Å². The summed E-state index contributed by atoms with van der Waals surface area (Å²) in [5, 5.41) is 83.1. The van der Waals surface area contributed by atoms with Crippen LogP contribution in [0.25, 0.3) is 21.3 Å². The van der Waals surface area contributed by atoms with Gasteiger partial charge in [-0.1, -0.05) is 109 Å². The van der Waals surface area contributed by atoms with Crippen LogP contribution in [0.15, 0.2) is 79.0 Å². The highest BCUT2D eigenvalue weighted by atomic mass is 32.2. The maximum atomic E-state index is 13.6. The number of likely N-dealkylation sites (tertiary alicyclic amines) is 1. The fourth-order valence-electron chi connectivity index (χ4n) is 19.4. The number of aliphatic hydroxyl groups excluding tert-OH is 5. The number of benzene rings is 3. The molecule has 3 aromatic heterocycles. The fraction of sp³-hybridized carbons (Fsp3) is 0.593. The first-order valence-corrected chi connectivity index (χ1v) is 47.4. The fourth-order valence-corrected chi connectivity index (χ4v) is 20.5. The van der Waals surface area contributed by atoms with E-state index < -0.39 is 101 Å². The molecule has 35 nitrogen and oxygen atoms in total. The zero-order valence-corrected chi connectivity index (χ0v) is 78.1. The van der Waals surface area contributed by atoms with Crippen molar-refractivity contribution in [3.63, 3.8) is 0 Å². The number of fused-ring (bicyclic) bond motifs is 2. The van der Waals surface area contributed by atoms with Gasteiger partial charge in [0.05, 0.1) is 79.0 Å². The Morgan fingerprint density at radius 1 is 0.837 bits per heavy atom. The van der Waals surface area contributed by atoms with Crippen LogP contribution in [0.1, 0.15) is 187 Å². The minimum absolute atomic E-state index is 0.0149. The Labute approximate surface area is 760 Å². The Balaban J connectivity index is 0.000000240. The lowest BCUT2D eigenvalue weighted by Crippen LogP contribution is -2.63. The number of carboxylic acids is 2. The van der Waals surface area contributed by atoms with Gasteiger partial charge in [0.25, 0.3) is 16.0 Å². The minimum Gasteiger partial charge on any atom is -0.479 e. The highest BCUT2D eigenvalue weighted by Gasteiger charge is 2.65. The van der Waals surface area contributed by atoms with Gasteiger partial charge in [-0.05, 0) is 177 Å². The van der Waals surface area contributed by atoms with Crippen LogP contribution in [0.3, 0.4) is 0 Å². The van der Waals surface area contributed by atoms with Crippen LogP contribution in [0.5, 0.6) is 0 Å². The van der Waals surface area contributed by atoms with Crippen LogP contribution < -0.4 is 20.9 Å². The van der Waals surface area contributed by atoms with E-state index in [1.54, 1.807) is 43.1 Å². The number of anilines is 2. The molecule has 0 radical (unpaired) electrons. The van der Waals surface area contributed by atoms with Crippen molar-refractivity contribution in [2.24, 2.45) is 34.0 Å². The molecule has 0 spiro atoms. The summed E-state index contributed by atoms with van der Waals surface area (Å²) in [7, 11) is -2.69. The smallest absolute Gasteiger partial charge is 0.410 e. The Kier molecular flexibility index (Phi) is 38.2. The third kappa shape index (κ3) is 28.5. The van der Waals surface area contributed by atoms with Gasteiger partial charge in [-0.25, -0.2) is 24.4 Å². The molecule has 4 aliphatic carbocycles. The van der Waals surface area contributed by atoms with Gasteiger partial charge >= 0.3 is 24.2 Å².